The van der Waals surface area contributed by atoms with Gasteiger partial charge >= 0.3 is 16.3 Å². The number of nitrogens with zero attached hydrogens (tertiary/aromatic N) is 5. The summed E-state index contributed by atoms with van der Waals surface area (Å²) >= 11 is 6.09. The molecule has 11 heteroatoms. The van der Waals surface area contributed by atoms with Crippen molar-refractivity contribution < 1.29 is 17.9 Å². The first-order valence-electron chi connectivity index (χ1n) is 9.81. The molecule has 3 rings (SSSR count). The Balaban J connectivity index is 2.06. The van der Waals surface area contributed by atoms with Gasteiger partial charge in [-0.25, -0.2) is 13.8 Å². The molecule has 1 saturated heterocycles. The van der Waals surface area contributed by atoms with Gasteiger partial charge in [0.1, 0.15) is 16.8 Å². The summed E-state index contributed by atoms with van der Waals surface area (Å²) in [5, 5.41) is 10.6. The van der Waals surface area contributed by atoms with Gasteiger partial charge in [0.25, 0.3) is 0 Å². The van der Waals surface area contributed by atoms with Crippen molar-refractivity contribution in [1.29, 1.82) is 5.26 Å². The molecule has 0 saturated carbocycles. The van der Waals surface area contributed by atoms with Gasteiger partial charge in [-0.3, -0.25) is 0 Å². The summed E-state index contributed by atoms with van der Waals surface area (Å²) < 4.78 is 33.9. The van der Waals surface area contributed by atoms with Crippen molar-refractivity contribution in [2.75, 3.05) is 27.2 Å². The number of hydrogen-bond donors (Lipinski definition) is 0. The number of imidazole rings is 1. The third-order valence-electron chi connectivity index (χ3n) is 5.18. The lowest BCUT2D eigenvalue weighted by Gasteiger charge is -2.37. The molecule has 0 unspecified atom stereocenters. The van der Waals surface area contributed by atoms with Gasteiger partial charge in [-0.15, -0.1) is 0 Å². The van der Waals surface area contributed by atoms with Gasteiger partial charge in [0.2, 0.25) is 0 Å². The standard InChI is InChI=1S/C20H26ClN5O4S/c1-19(2,3)30-18(27)25-10-8-20(13-22,9-11-25)17-23-15-12-14(21)6-7-16(15)26(17)31(28,29)24(4)5/h6-7,12H,8-11H2,1-5H3. The second kappa shape index (κ2) is 7.97. The summed E-state index contributed by atoms with van der Waals surface area (Å²) in [6, 6.07) is 7.03. The third kappa shape index (κ3) is 4.35. The summed E-state index contributed by atoms with van der Waals surface area (Å²) in [6.45, 7) is 5.85. The summed E-state index contributed by atoms with van der Waals surface area (Å²) in [5.74, 6) is 0.129. The first kappa shape index (κ1) is 23.3. The lowest BCUT2D eigenvalue weighted by molar-refractivity contribution is 0.0182. The molecule has 1 aliphatic rings. The molecule has 0 spiro atoms. The SMILES string of the molecule is CN(C)S(=O)(=O)n1c(C2(C#N)CCN(C(=O)OC(C)(C)C)CC2)nc2cc(Cl)ccc21. The molecule has 1 aliphatic heterocycles. The Morgan fingerprint density at radius 1 is 1.29 bits per heavy atom. The number of fused-ring (bicyclic) bond motifs is 1. The van der Waals surface area contributed by atoms with Gasteiger partial charge < -0.3 is 9.64 Å². The fourth-order valence-corrected chi connectivity index (χ4v) is 4.84. The smallest absolute Gasteiger partial charge is 0.410 e. The predicted molar refractivity (Wildman–Crippen MR) is 117 cm³/mol. The highest BCUT2D eigenvalue weighted by molar-refractivity contribution is 7.87. The zero-order chi connectivity index (χ0) is 23.2. The maximum absolute atomic E-state index is 13.2. The Kier molecular flexibility index (Phi) is 5.99. The Bertz CT molecular complexity index is 1150. The maximum atomic E-state index is 13.2. The molecule has 168 valence electrons. The molecule has 0 atom stereocenters. The maximum Gasteiger partial charge on any atom is 0.410 e. The molecule has 0 radical (unpaired) electrons. The number of ether oxygens (including phenoxy) is 1. The summed E-state index contributed by atoms with van der Waals surface area (Å²) in [6.07, 6.45) is -0.00822. The minimum absolute atomic E-state index is 0.129. The monoisotopic (exact) mass is 467 g/mol. The van der Waals surface area contributed by atoms with Crippen LogP contribution >= 0.6 is 11.6 Å². The number of halogens is 1. The number of carbonyl (C=O) groups excluding carboxylic acids is 1. The molecule has 0 bridgehead atoms. The van der Waals surface area contributed by atoms with Crippen molar-refractivity contribution in [2.45, 2.75) is 44.6 Å². The quantitative estimate of drug-likeness (QED) is 0.686. The van der Waals surface area contributed by atoms with Crippen LogP contribution in [-0.4, -0.2) is 65.5 Å². The summed E-state index contributed by atoms with van der Waals surface area (Å²) in [4.78, 5) is 18.5. The number of benzene rings is 1. The molecular weight excluding hydrogens is 442 g/mol. The fourth-order valence-electron chi connectivity index (χ4n) is 3.51. The van der Waals surface area contributed by atoms with Crippen LogP contribution in [0.15, 0.2) is 18.2 Å². The van der Waals surface area contributed by atoms with E-state index in [9.17, 15) is 18.5 Å². The number of carbonyl (C=O) groups is 1. The molecule has 1 aromatic heterocycles. The Labute approximate surface area is 187 Å². The molecule has 2 heterocycles. The molecule has 1 aromatic carbocycles. The number of aromatic nitrogens is 2. The second-order valence-electron chi connectivity index (χ2n) is 8.78. The zero-order valence-corrected chi connectivity index (χ0v) is 19.8. The van der Waals surface area contributed by atoms with Crippen molar-refractivity contribution in [3.63, 3.8) is 0 Å². The second-order valence-corrected chi connectivity index (χ2v) is 11.2. The van der Waals surface area contributed by atoms with E-state index in [1.807, 2.05) is 0 Å². The van der Waals surface area contributed by atoms with Crippen LogP contribution in [0.5, 0.6) is 0 Å². The molecule has 1 fully saturated rings. The highest BCUT2D eigenvalue weighted by atomic mass is 35.5. The summed E-state index contributed by atoms with van der Waals surface area (Å²) in [5.41, 5.74) is -1.09. The van der Waals surface area contributed by atoms with E-state index in [1.165, 1.54) is 19.0 Å². The number of hydrogen-bond acceptors (Lipinski definition) is 6. The first-order chi connectivity index (χ1) is 14.3. The number of amides is 1. The van der Waals surface area contributed by atoms with Crippen molar-refractivity contribution >= 4 is 38.9 Å². The highest BCUT2D eigenvalue weighted by Crippen LogP contribution is 2.38. The summed E-state index contributed by atoms with van der Waals surface area (Å²) in [7, 11) is -1.12. The van der Waals surface area contributed by atoms with Crippen LogP contribution in [0.2, 0.25) is 5.02 Å². The van der Waals surface area contributed by atoms with E-state index in [1.54, 1.807) is 39.0 Å². The molecule has 1 amide bonds. The first-order valence-corrected chi connectivity index (χ1v) is 11.6. The van der Waals surface area contributed by atoms with Gasteiger partial charge in [0.05, 0.1) is 17.1 Å². The normalized spacial score (nSPS) is 17.0. The zero-order valence-electron chi connectivity index (χ0n) is 18.2. The van der Waals surface area contributed by atoms with E-state index in [0.29, 0.717) is 16.1 Å². The largest absolute Gasteiger partial charge is 0.444 e. The van der Waals surface area contributed by atoms with Gasteiger partial charge in [0, 0.05) is 32.2 Å². The molecule has 31 heavy (non-hydrogen) atoms. The van der Waals surface area contributed by atoms with Crippen molar-refractivity contribution in [2.24, 2.45) is 0 Å². The van der Waals surface area contributed by atoms with Gasteiger partial charge in [-0.1, -0.05) is 11.6 Å². The van der Waals surface area contributed by atoms with Crippen molar-refractivity contribution in [3.8, 4) is 6.07 Å². The van der Waals surface area contributed by atoms with Gasteiger partial charge in [-0.05, 0) is 51.8 Å². The average molecular weight is 468 g/mol. The lowest BCUT2D eigenvalue weighted by Crippen LogP contribution is -2.48. The fraction of sp³-hybridized carbons (Fsp3) is 0.550. The minimum atomic E-state index is -3.97. The molecule has 0 aliphatic carbocycles. The van der Waals surface area contributed by atoms with E-state index in [4.69, 9.17) is 16.3 Å². The van der Waals surface area contributed by atoms with Crippen LogP contribution in [0.4, 0.5) is 4.79 Å². The highest BCUT2D eigenvalue weighted by Gasteiger charge is 2.44. The third-order valence-corrected chi connectivity index (χ3v) is 7.17. The van der Waals surface area contributed by atoms with Crippen LogP contribution in [0.3, 0.4) is 0 Å². The van der Waals surface area contributed by atoms with Crippen molar-refractivity contribution in [1.82, 2.24) is 18.2 Å². The van der Waals surface area contributed by atoms with E-state index in [0.717, 1.165) is 8.28 Å². The number of piperidine rings is 1. The number of rotatable bonds is 3. The Hall–Kier alpha value is -2.35. The minimum Gasteiger partial charge on any atom is -0.444 e. The average Bonchev–Trinajstić information content (AvgIpc) is 3.06. The Morgan fingerprint density at radius 3 is 2.42 bits per heavy atom. The van der Waals surface area contributed by atoms with Crippen LogP contribution in [-0.2, 0) is 20.4 Å². The van der Waals surface area contributed by atoms with Crippen LogP contribution in [0.1, 0.15) is 39.4 Å². The predicted octanol–water partition coefficient (Wildman–Crippen LogP) is 3.14. The van der Waals surface area contributed by atoms with Gasteiger partial charge in [-0.2, -0.15) is 18.0 Å². The van der Waals surface area contributed by atoms with E-state index in [-0.39, 0.29) is 31.8 Å². The number of nitriles is 1. The van der Waals surface area contributed by atoms with E-state index < -0.39 is 27.3 Å². The van der Waals surface area contributed by atoms with E-state index >= 15 is 0 Å². The molecular formula is C20H26ClN5O4S. The van der Waals surface area contributed by atoms with E-state index in [2.05, 4.69) is 11.1 Å². The van der Waals surface area contributed by atoms with Crippen LogP contribution in [0.25, 0.3) is 11.0 Å². The molecule has 0 N–H and O–H groups in total. The number of likely N-dealkylation sites (tertiary alicyclic amines) is 1. The topological polar surface area (TPSA) is 109 Å². The van der Waals surface area contributed by atoms with Crippen molar-refractivity contribution in [3.05, 3.63) is 29.0 Å². The van der Waals surface area contributed by atoms with Crippen LogP contribution in [0, 0.1) is 11.3 Å². The lowest BCUT2D eigenvalue weighted by atomic mass is 9.79. The Morgan fingerprint density at radius 2 is 1.90 bits per heavy atom. The molecule has 2 aromatic rings. The van der Waals surface area contributed by atoms with Crippen LogP contribution < -0.4 is 0 Å². The molecule has 9 nitrogen and oxygen atoms in total. The van der Waals surface area contributed by atoms with Gasteiger partial charge in [0.15, 0.2) is 0 Å².